The van der Waals surface area contributed by atoms with Crippen LogP contribution in [-0.2, 0) is 7.05 Å². The fourth-order valence-corrected chi connectivity index (χ4v) is 2.84. The maximum atomic E-state index is 12.4. The molecule has 23 heavy (non-hydrogen) atoms. The molecule has 1 aliphatic rings. The largest absolute Gasteiger partial charge is 0.339 e. The van der Waals surface area contributed by atoms with Gasteiger partial charge in [0.15, 0.2) is 5.82 Å². The fraction of sp³-hybridized carbons (Fsp3) is 0.625. The highest BCUT2D eigenvalue weighted by atomic mass is 16.5. The maximum absolute atomic E-state index is 12.4. The Bertz CT molecular complexity index is 670. The number of carbonyl (C=O) groups is 1. The lowest BCUT2D eigenvalue weighted by Crippen LogP contribution is -2.37. The molecule has 3 rings (SSSR count). The summed E-state index contributed by atoms with van der Waals surface area (Å²) >= 11 is 0. The number of hydrogen-bond acceptors (Lipinski definition) is 5. The van der Waals surface area contributed by atoms with Crippen molar-refractivity contribution in [1.82, 2.24) is 24.8 Å². The van der Waals surface area contributed by atoms with E-state index in [2.05, 4.69) is 29.1 Å². The molecule has 1 saturated heterocycles. The Hall–Kier alpha value is -2.18. The molecule has 2 aromatic heterocycles. The average molecular weight is 317 g/mol. The van der Waals surface area contributed by atoms with Gasteiger partial charge in [0.2, 0.25) is 5.89 Å². The van der Waals surface area contributed by atoms with Gasteiger partial charge in [-0.25, -0.2) is 0 Å². The molecule has 1 fully saturated rings. The normalized spacial score (nSPS) is 17.4. The van der Waals surface area contributed by atoms with Crippen LogP contribution in [0.3, 0.4) is 0 Å². The van der Waals surface area contributed by atoms with Crippen molar-refractivity contribution in [3.63, 3.8) is 0 Å². The Balaban J connectivity index is 1.60. The van der Waals surface area contributed by atoms with Gasteiger partial charge in [-0.1, -0.05) is 19.0 Å². The Kier molecular flexibility index (Phi) is 4.45. The Morgan fingerprint density at radius 2 is 2.17 bits per heavy atom. The molecule has 2 aromatic rings. The third kappa shape index (κ3) is 3.28. The summed E-state index contributed by atoms with van der Waals surface area (Å²) < 4.78 is 7.08. The fourth-order valence-electron chi connectivity index (χ4n) is 2.84. The van der Waals surface area contributed by atoms with Crippen LogP contribution in [0.4, 0.5) is 0 Å². The van der Waals surface area contributed by atoms with Crippen LogP contribution in [0.1, 0.15) is 67.0 Å². The van der Waals surface area contributed by atoms with E-state index in [0.29, 0.717) is 30.5 Å². The van der Waals surface area contributed by atoms with Crippen LogP contribution in [-0.4, -0.2) is 43.8 Å². The molecule has 1 atom stereocenters. The molecule has 0 aliphatic carbocycles. The van der Waals surface area contributed by atoms with Crippen molar-refractivity contribution < 1.29 is 9.32 Å². The predicted octanol–water partition coefficient (Wildman–Crippen LogP) is 2.34. The summed E-state index contributed by atoms with van der Waals surface area (Å²) in [5, 5.41) is 8.15. The smallest absolute Gasteiger partial charge is 0.257 e. The molecule has 1 aliphatic heterocycles. The first-order chi connectivity index (χ1) is 11.1. The number of piperidine rings is 1. The molecule has 0 bridgehead atoms. The highest BCUT2D eigenvalue weighted by molar-refractivity contribution is 5.93. The van der Waals surface area contributed by atoms with E-state index in [9.17, 15) is 4.79 Å². The van der Waals surface area contributed by atoms with Crippen LogP contribution in [0.2, 0.25) is 0 Å². The number of aromatic nitrogens is 4. The summed E-state index contributed by atoms with van der Waals surface area (Å²) in [7, 11) is 1.81. The molecule has 7 heteroatoms. The molecular formula is C16H23N5O2. The molecule has 0 aromatic carbocycles. The van der Waals surface area contributed by atoms with Gasteiger partial charge in [-0.15, -0.1) is 0 Å². The molecule has 0 unspecified atom stereocenters. The van der Waals surface area contributed by atoms with E-state index in [0.717, 1.165) is 25.1 Å². The summed E-state index contributed by atoms with van der Waals surface area (Å²) in [6.07, 6.45) is 6.08. The van der Waals surface area contributed by atoms with Crippen LogP contribution < -0.4 is 0 Å². The van der Waals surface area contributed by atoms with Gasteiger partial charge in [0, 0.05) is 38.2 Å². The highest BCUT2D eigenvalue weighted by Gasteiger charge is 2.28. The monoisotopic (exact) mass is 317 g/mol. The number of amides is 1. The van der Waals surface area contributed by atoms with Crippen LogP contribution >= 0.6 is 0 Å². The van der Waals surface area contributed by atoms with Crippen molar-refractivity contribution in [1.29, 1.82) is 0 Å². The first-order valence-electron chi connectivity index (χ1n) is 8.20. The van der Waals surface area contributed by atoms with Gasteiger partial charge in [0.1, 0.15) is 0 Å². The third-order valence-electron chi connectivity index (χ3n) is 4.59. The molecule has 3 heterocycles. The van der Waals surface area contributed by atoms with Gasteiger partial charge < -0.3 is 9.42 Å². The molecule has 0 spiro atoms. The topological polar surface area (TPSA) is 77.0 Å². The summed E-state index contributed by atoms with van der Waals surface area (Å²) in [4.78, 5) is 18.8. The predicted molar refractivity (Wildman–Crippen MR) is 84.1 cm³/mol. The average Bonchev–Trinajstić information content (AvgIpc) is 3.23. The molecule has 1 amide bonds. The van der Waals surface area contributed by atoms with Gasteiger partial charge in [-0.3, -0.25) is 9.48 Å². The SMILES string of the molecule is CC[C@H](C)c1noc(C2CCN(C(=O)c3cnn(C)c3)CC2)n1. The van der Waals surface area contributed by atoms with E-state index in [1.165, 1.54) is 0 Å². The quantitative estimate of drug-likeness (QED) is 0.865. The number of nitrogens with zero attached hydrogens (tertiary/aromatic N) is 5. The minimum Gasteiger partial charge on any atom is -0.339 e. The number of hydrogen-bond donors (Lipinski definition) is 0. The molecule has 0 N–H and O–H groups in total. The van der Waals surface area contributed by atoms with Crippen molar-refractivity contribution in [2.24, 2.45) is 7.05 Å². The van der Waals surface area contributed by atoms with E-state index >= 15 is 0 Å². The number of carbonyl (C=O) groups excluding carboxylic acids is 1. The number of likely N-dealkylation sites (tertiary alicyclic amines) is 1. The Morgan fingerprint density at radius 1 is 1.43 bits per heavy atom. The Morgan fingerprint density at radius 3 is 2.78 bits per heavy atom. The highest BCUT2D eigenvalue weighted by Crippen LogP contribution is 2.28. The molecule has 0 saturated carbocycles. The van der Waals surface area contributed by atoms with Gasteiger partial charge in [-0.2, -0.15) is 10.1 Å². The van der Waals surface area contributed by atoms with Gasteiger partial charge in [0.05, 0.1) is 11.8 Å². The van der Waals surface area contributed by atoms with Crippen molar-refractivity contribution in [3.05, 3.63) is 29.7 Å². The van der Waals surface area contributed by atoms with E-state index in [4.69, 9.17) is 4.52 Å². The number of rotatable bonds is 4. The summed E-state index contributed by atoms with van der Waals surface area (Å²) in [5.74, 6) is 2.12. The van der Waals surface area contributed by atoms with Gasteiger partial charge in [-0.05, 0) is 19.3 Å². The minimum absolute atomic E-state index is 0.0439. The van der Waals surface area contributed by atoms with Crippen LogP contribution in [0.5, 0.6) is 0 Å². The third-order valence-corrected chi connectivity index (χ3v) is 4.59. The van der Waals surface area contributed by atoms with Gasteiger partial charge >= 0.3 is 0 Å². The zero-order valence-corrected chi connectivity index (χ0v) is 13.9. The standard InChI is InChI=1S/C16H23N5O2/c1-4-11(2)14-18-15(23-19-14)12-5-7-21(8-6-12)16(22)13-9-17-20(3)10-13/h9-12H,4-8H2,1-3H3/t11-/m0/s1. The van der Waals surface area contributed by atoms with E-state index in [1.54, 1.807) is 17.1 Å². The van der Waals surface area contributed by atoms with Crippen molar-refractivity contribution >= 4 is 5.91 Å². The summed E-state index contributed by atoms with van der Waals surface area (Å²) in [6.45, 7) is 5.63. The van der Waals surface area contributed by atoms with E-state index in [-0.39, 0.29) is 11.8 Å². The zero-order chi connectivity index (χ0) is 16.4. The first-order valence-corrected chi connectivity index (χ1v) is 8.20. The van der Waals surface area contributed by atoms with Crippen molar-refractivity contribution in [2.45, 2.75) is 44.9 Å². The van der Waals surface area contributed by atoms with Crippen molar-refractivity contribution in [3.8, 4) is 0 Å². The molecule has 124 valence electrons. The molecule has 0 radical (unpaired) electrons. The molecular weight excluding hydrogens is 294 g/mol. The maximum Gasteiger partial charge on any atom is 0.257 e. The van der Waals surface area contributed by atoms with E-state index in [1.807, 2.05) is 11.9 Å². The van der Waals surface area contributed by atoms with Crippen LogP contribution in [0, 0.1) is 0 Å². The van der Waals surface area contributed by atoms with E-state index < -0.39 is 0 Å². The van der Waals surface area contributed by atoms with Gasteiger partial charge in [0.25, 0.3) is 5.91 Å². The second-order valence-corrected chi connectivity index (χ2v) is 6.27. The lowest BCUT2D eigenvalue weighted by molar-refractivity contribution is 0.0704. The minimum atomic E-state index is 0.0439. The second-order valence-electron chi connectivity index (χ2n) is 6.27. The summed E-state index contributed by atoms with van der Waals surface area (Å²) in [5.41, 5.74) is 0.641. The lowest BCUT2D eigenvalue weighted by atomic mass is 9.96. The molecule has 7 nitrogen and oxygen atoms in total. The number of aryl methyl sites for hydroxylation is 1. The van der Waals surface area contributed by atoms with Crippen molar-refractivity contribution in [2.75, 3.05) is 13.1 Å². The zero-order valence-electron chi connectivity index (χ0n) is 13.9. The van der Waals surface area contributed by atoms with Crippen LogP contribution in [0.15, 0.2) is 16.9 Å². The van der Waals surface area contributed by atoms with Crippen LogP contribution in [0.25, 0.3) is 0 Å². The first kappa shape index (κ1) is 15.7. The summed E-state index contributed by atoms with van der Waals surface area (Å²) in [6, 6.07) is 0. The second kappa shape index (κ2) is 6.52. The lowest BCUT2D eigenvalue weighted by Gasteiger charge is -2.30. The Labute approximate surface area is 135 Å².